The Labute approximate surface area is 98.0 Å². The number of ether oxygens (including phenoxy) is 1. The first-order chi connectivity index (χ1) is 7.77. The summed E-state index contributed by atoms with van der Waals surface area (Å²) >= 11 is 0. The number of carbonyl (C=O) groups excluding carboxylic acids is 1. The number of ketones is 1. The van der Waals surface area contributed by atoms with E-state index in [1.165, 1.54) is 0 Å². The maximum absolute atomic E-state index is 11.8. The molecule has 0 saturated carbocycles. The van der Waals surface area contributed by atoms with E-state index in [1.807, 2.05) is 6.08 Å². The zero-order valence-corrected chi connectivity index (χ0v) is 9.99. The minimum absolute atomic E-state index is 0.106. The third-order valence-electron chi connectivity index (χ3n) is 3.06. The average molecular weight is 225 g/mol. The van der Waals surface area contributed by atoms with Gasteiger partial charge in [0.2, 0.25) is 0 Å². The van der Waals surface area contributed by atoms with Gasteiger partial charge >= 0.3 is 0 Å². The molecule has 1 heterocycles. The Morgan fingerprint density at radius 3 is 2.81 bits per heavy atom. The molecule has 0 aromatic heterocycles. The van der Waals surface area contributed by atoms with Crippen molar-refractivity contribution in [2.75, 3.05) is 6.54 Å². The van der Waals surface area contributed by atoms with Crippen LogP contribution >= 0.6 is 0 Å². The van der Waals surface area contributed by atoms with E-state index in [0.29, 0.717) is 13.0 Å². The molecule has 0 aromatic rings. The van der Waals surface area contributed by atoms with Gasteiger partial charge < -0.3 is 10.5 Å². The lowest BCUT2D eigenvalue weighted by molar-refractivity contribution is -0.129. The SMILES string of the molecule is C=CCCCCCC(=O)C1CCC(CN)O1. The zero-order valence-electron chi connectivity index (χ0n) is 9.99. The van der Waals surface area contributed by atoms with Crippen LogP contribution in [0.3, 0.4) is 0 Å². The molecule has 3 nitrogen and oxygen atoms in total. The lowest BCUT2D eigenvalue weighted by atomic mass is 10.0. The van der Waals surface area contributed by atoms with Crippen molar-refractivity contribution in [1.29, 1.82) is 0 Å². The number of nitrogens with two attached hydrogens (primary N) is 1. The number of hydrogen-bond donors (Lipinski definition) is 1. The standard InChI is InChI=1S/C13H23NO2/c1-2-3-4-5-6-7-12(15)13-9-8-11(10-14)16-13/h2,11,13H,1,3-10,14H2. The number of unbranched alkanes of at least 4 members (excludes halogenated alkanes) is 3. The van der Waals surface area contributed by atoms with Crippen LogP contribution in [0.2, 0.25) is 0 Å². The second-order valence-electron chi connectivity index (χ2n) is 4.41. The molecule has 2 N–H and O–H groups in total. The molecule has 1 aliphatic rings. The first kappa shape index (κ1) is 13.4. The number of allylic oxidation sites excluding steroid dienone is 1. The molecular formula is C13H23NO2. The van der Waals surface area contributed by atoms with E-state index in [1.54, 1.807) is 0 Å². The van der Waals surface area contributed by atoms with Gasteiger partial charge in [0.05, 0.1) is 6.10 Å². The molecule has 0 amide bonds. The molecule has 2 atom stereocenters. The van der Waals surface area contributed by atoms with Crippen molar-refractivity contribution in [3.63, 3.8) is 0 Å². The van der Waals surface area contributed by atoms with Crippen LogP contribution in [0.15, 0.2) is 12.7 Å². The summed E-state index contributed by atoms with van der Waals surface area (Å²) in [6.07, 6.45) is 8.55. The van der Waals surface area contributed by atoms with Gasteiger partial charge in [-0.3, -0.25) is 4.79 Å². The zero-order chi connectivity index (χ0) is 11.8. The molecule has 0 spiro atoms. The van der Waals surface area contributed by atoms with Crippen molar-refractivity contribution in [1.82, 2.24) is 0 Å². The summed E-state index contributed by atoms with van der Waals surface area (Å²) < 4.78 is 5.56. The van der Waals surface area contributed by atoms with E-state index in [4.69, 9.17) is 10.5 Å². The molecule has 1 fully saturated rings. The first-order valence-electron chi connectivity index (χ1n) is 6.27. The van der Waals surface area contributed by atoms with Crippen molar-refractivity contribution in [3.05, 3.63) is 12.7 Å². The fraction of sp³-hybridized carbons (Fsp3) is 0.769. The molecule has 0 bridgehead atoms. The Morgan fingerprint density at radius 1 is 1.38 bits per heavy atom. The van der Waals surface area contributed by atoms with E-state index >= 15 is 0 Å². The Morgan fingerprint density at radius 2 is 2.19 bits per heavy atom. The third-order valence-corrected chi connectivity index (χ3v) is 3.06. The van der Waals surface area contributed by atoms with Crippen molar-refractivity contribution >= 4 is 5.78 Å². The van der Waals surface area contributed by atoms with Crippen molar-refractivity contribution in [2.45, 2.75) is 57.2 Å². The topological polar surface area (TPSA) is 52.3 Å². The van der Waals surface area contributed by atoms with E-state index in [9.17, 15) is 4.79 Å². The summed E-state index contributed by atoms with van der Waals surface area (Å²) in [6, 6.07) is 0. The minimum atomic E-state index is -0.173. The van der Waals surface area contributed by atoms with Gasteiger partial charge in [-0.15, -0.1) is 6.58 Å². The summed E-state index contributed by atoms with van der Waals surface area (Å²) in [5.41, 5.74) is 5.51. The predicted octanol–water partition coefficient (Wildman–Crippen LogP) is 2.20. The van der Waals surface area contributed by atoms with Gasteiger partial charge in [-0.05, 0) is 32.1 Å². The maximum Gasteiger partial charge on any atom is 0.161 e. The van der Waals surface area contributed by atoms with Gasteiger partial charge in [0.15, 0.2) is 5.78 Å². The second kappa shape index (κ2) is 7.58. The molecule has 1 saturated heterocycles. The average Bonchev–Trinajstić information content (AvgIpc) is 2.77. The molecular weight excluding hydrogens is 202 g/mol. The fourth-order valence-corrected chi connectivity index (χ4v) is 2.04. The van der Waals surface area contributed by atoms with Gasteiger partial charge in [0.25, 0.3) is 0 Å². The summed E-state index contributed by atoms with van der Waals surface area (Å²) in [5.74, 6) is 0.259. The Balaban J connectivity index is 2.09. The maximum atomic E-state index is 11.8. The summed E-state index contributed by atoms with van der Waals surface area (Å²) in [5, 5.41) is 0. The largest absolute Gasteiger partial charge is 0.366 e. The highest BCUT2D eigenvalue weighted by Gasteiger charge is 2.28. The van der Waals surface area contributed by atoms with Crippen LogP contribution in [0.5, 0.6) is 0 Å². The minimum Gasteiger partial charge on any atom is -0.366 e. The summed E-state index contributed by atoms with van der Waals surface area (Å²) in [7, 11) is 0. The highest BCUT2D eigenvalue weighted by atomic mass is 16.5. The molecule has 16 heavy (non-hydrogen) atoms. The van der Waals surface area contributed by atoms with Crippen LogP contribution < -0.4 is 5.73 Å². The Kier molecular flexibility index (Phi) is 6.34. The summed E-state index contributed by atoms with van der Waals surface area (Å²) in [6.45, 7) is 4.21. The molecule has 0 aromatic carbocycles. The first-order valence-corrected chi connectivity index (χ1v) is 6.27. The predicted molar refractivity (Wildman–Crippen MR) is 65.2 cm³/mol. The normalized spacial score (nSPS) is 24.6. The van der Waals surface area contributed by atoms with E-state index in [2.05, 4.69) is 6.58 Å². The number of hydrogen-bond acceptors (Lipinski definition) is 3. The Bertz CT molecular complexity index is 228. The molecule has 2 unspecified atom stereocenters. The molecule has 1 rings (SSSR count). The van der Waals surface area contributed by atoms with Crippen LogP contribution in [-0.2, 0) is 9.53 Å². The van der Waals surface area contributed by atoms with Crippen molar-refractivity contribution < 1.29 is 9.53 Å². The number of Topliss-reactive ketones (excluding diaryl/α,β-unsaturated/α-hetero) is 1. The van der Waals surface area contributed by atoms with Crippen molar-refractivity contribution in [3.8, 4) is 0 Å². The lowest BCUT2D eigenvalue weighted by Crippen LogP contribution is -2.25. The second-order valence-corrected chi connectivity index (χ2v) is 4.41. The van der Waals surface area contributed by atoms with E-state index in [-0.39, 0.29) is 18.0 Å². The molecule has 3 heteroatoms. The van der Waals surface area contributed by atoms with Gasteiger partial charge in [-0.1, -0.05) is 12.5 Å². The van der Waals surface area contributed by atoms with Crippen LogP contribution in [0.1, 0.15) is 44.9 Å². The monoisotopic (exact) mass is 225 g/mol. The van der Waals surface area contributed by atoms with Crippen molar-refractivity contribution in [2.24, 2.45) is 5.73 Å². The van der Waals surface area contributed by atoms with Gasteiger partial charge in [0, 0.05) is 13.0 Å². The van der Waals surface area contributed by atoms with Gasteiger partial charge in [0.1, 0.15) is 6.10 Å². The highest BCUT2D eigenvalue weighted by molar-refractivity contribution is 5.83. The molecule has 92 valence electrons. The number of rotatable bonds is 8. The van der Waals surface area contributed by atoms with E-state index < -0.39 is 0 Å². The Hall–Kier alpha value is -0.670. The summed E-state index contributed by atoms with van der Waals surface area (Å²) in [4.78, 5) is 11.8. The van der Waals surface area contributed by atoms with Crippen LogP contribution in [0, 0.1) is 0 Å². The molecule has 0 radical (unpaired) electrons. The van der Waals surface area contributed by atoms with Crippen LogP contribution in [0.25, 0.3) is 0 Å². The van der Waals surface area contributed by atoms with Crippen LogP contribution in [-0.4, -0.2) is 24.5 Å². The highest BCUT2D eigenvalue weighted by Crippen LogP contribution is 2.21. The smallest absolute Gasteiger partial charge is 0.161 e. The quantitative estimate of drug-likeness (QED) is 0.509. The number of carbonyl (C=O) groups is 1. The molecule has 1 aliphatic heterocycles. The van der Waals surface area contributed by atoms with E-state index in [0.717, 1.165) is 38.5 Å². The van der Waals surface area contributed by atoms with Gasteiger partial charge in [-0.25, -0.2) is 0 Å². The van der Waals surface area contributed by atoms with Crippen LogP contribution in [0.4, 0.5) is 0 Å². The van der Waals surface area contributed by atoms with Gasteiger partial charge in [-0.2, -0.15) is 0 Å². The fourth-order valence-electron chi connectivity index (χ4n) is 2.04. The molecule has 0 aliphatic carbocycles. The lowest BCUT2D eigenvalue weighted by Gasteiger charge is -2.10. The third kappa shape index (κ3) is 4.45.